The van der Waals surface area contributed by atoms with Crippen LogP contribution in [0.2, 0.25) is 0 Å². The Morgan fingerprint density at radius 3 is 0.784 bits per heavy atom. The number of ether oxygens (including phenoxy) is 3. The monoisotopic (exact) mass is 1040 g/mol. The number of unbranched alkanes of at least 4 members (excludes halogenated alkanes) is 41. The molecule has 0 aromatic heterocycles. The number of carbonyl (C=O) groups excluding carboxylic acids is 3. The molecule has 0 aromatic rings. The molecule has 0 rings (SSSR count). The van der Waals surface area contributed by atoms with E-state index in [2.05, 4.69) is 69.4 Å². The highest BCUT2D eigenvalue weighted by Gasteiger charge is 2.19. The summed E-state index contributed by atoms with van der Waals surface area (Å²) in [5.74, 6) is -0.879. The molecule has 0 bridgehead atoms. The fourth-order valence-electron chi connectivity index (χ4n) is 9.62. The Morgan fingerprint density at radius 2 is 0.486 bits per heavy atom. The van der Waals surface area contributed by atoms with Crippen molar-refractivity contribution >= 4 is 17.9 Å². The van der Waals surface area contributed by atoms with Crippen molar-refractivity contribution in [1.82, 2.24) is 0 Å². The third-order valence-corrected chi connectivity index (χ3v) is 14.6. The standard InChI is InChI=1S/C68H124O6/c1-4-7-10-13-16-19-22-25-27-29-31-33-35-36-38-40-43-46-49-52-55-58-61-67(70)73-64-65(63-72-66(69)60-57-54-51-48-45-42-24-21-18-15-12-9-6-3)74-68(71)62-59-56-53-50-47-44-41-39-37-34-32-30-28-26-23-20-17-14-11-8-5-2/h21,23-24,26,30,32,37,39,65H,4-20,22,25,27-29,31,33-36,38,40-64H2,1-3H3/b24-21-,26-23-,32-30-,39-37-. The van der Waals surface area contributed by atoms with Crippen LogP contribution < -0.4 is 0 Å². The number of hydrogen-bond acceptors (Lipinski definition) is 6. The van der Waals surface area contributed by atoms with Crippen LogP contribution in [0.3, 0.4) is 0 Å². The highest BCUT2D eigenvalue weighted by atomic mass is 16.6. The summed E-state index contributed by atoms with van der Waals surface area (Å²) < 4.78 is 16.9. The van der Waals surface area contributed by atoms with Crippen molar-refractivity contribution in [2.45, 2.75) is 354 Å². The Morgan fingerprint density at radius 1 is 0.270 bits per heavy atom. The van der Waals surface area contributed by atoms with E-state index in [1.165, 1.54) is 225 Å². The van der Waals surface area contributed by atoms with Gasteiger partial charge >= 0.3 is 17.9 Å². The molecule has 1 atom stereocenters. The van der Waals surface area contributed by atoms with Crippen LogP contribution in [0.15, 0.2) is 48.6 Å². The van der Waals surface area contributed by atoms with Gasteiger partial charge in [-0.3, -0.25) is 14.4 Å². The predicted octanol–water partition coefficient (Wildman–Crippen LogP) is 22.2. The highest BCUT2D eigenvalue weighted by molar-refractivity contribution is 5.71. The molecule has 0 aliphatic heterocycles. The first-order chi connectivity index (χ1) is 36.5. The van der Waals surface area contributed by atoms with Gasteiger partial charge in [0, 0.05) is 19.3 Å². The molecule has 0 aliphatic carbocycles. The second kappa shape index (κ2) is 62.9. The predicted molar refractivity (Wildman–Crippen MR) is 321 cm³/mol. The molecule has 0 spiro atoms. The summed E-state index contributed by atoms with van der Waals surface area (Å²) >= 11 is 0. The molecule has 74 heavy (non-hydrogen) atoms. The minimum absolute atomic E-state index is 0.0776. The maximum atomic E-state index is 12.9. The van der Waals surface area contributed by atoms with Crippen molar-refractivity contribution in [3.63, 3.8) is 0 Å². The quantitative estimate of drug-likeness (QED) is 0.0261. The molecule has 0 fully saturated rings. The van der Waals surface area contributed by atoms with E-state index < -0.39 is 6.10 Å². The van der Waals surface area contributed by atoms with Crippen LogP contribution in [0.4, 0.5) is 0 Å². The van der Waals surface area contributed by atoms with Gasteiger partial charge < -0.3 is 14.2 Å². The normalized spacial score (nSPS) is 12.3. The fourth-order valence-corrected chi connectivity index (χ4v) is 9.62. The lowest BCUT2D eigenvalue weighted by Gasteiger charge is -2.18. The van der Waals surface area contributed by atoms with Crippen molar-refractivity contribution in [1.29, 1.82) is 0 Å². The van der Waals surface area contributed by atoms with Crippen LogP contribution in [0, 0.1) is 0 Å². The minimum Gasteiger partial charge on any atom is -0.462 e. The van der Waals surface area contributed by atoms with Crippen molar-refractivity contribution in [2.24, 2.45) is 0 Å². The van der Waals surface area contributed by atoms with Gasteiger partial charge in [0.1, 0.15) is 13.2 Å². The lowest BCUT2D eigenvalue weighted by atomic mass is 10.0. The number of allylic oxidation sites excluding steroid dienone is 8. The second-order valence-electron chi connectivity index (χ2n) is 22.0. The average Bonchev–Trinajstić information content (AvgIpc) is 3.40. The Bertz CT molecular complexity index is 1280. The van der Waals surface area contributed by atoms with E-state index in [1.54, 1.807) is 0 Å². The van der Waals surface area contributed by atoms with Crippen LogP contribution >= 0.6 is 0 Å². The third-order valence-electron chi connectivity index (χ3n) is 14.6. The molecule has 0 amide bonds. The maximum Gasteiger partial charge on any atom is 0.306 e. The summed E-state index contributed by atoms with van der Waals surface area (Å²) in [7, 11) is 0. The van der Waals surface area contributed by atoms with E-state index in [-0.39, 0.29) is 31.1 Å². The van der Waals surface area contributed by atoms with E-state index in [4.69, 9.17) is 14.2 Å². The van der Waals surface area contributed by atoms with Crippen LogP contribution in [0.25, 0.3) is 0 Å². The van der Waals surface area contributed by atoms with E-state index >= 15 is 0 Å². The van der Waals surface area contributed by atoms with Crippen molar-refractivity contribution in [3.8, 4) is 0 Å². The zero-order valence-corrected chi connectivity index (χ0v) is 49.6. The molecule has 0 aliphatic rings. The summed E-state index contributed by atoms with van der Waals surface area (Å²) in [6, 6.07) is 0. The molecule has 6 heteroatoms. The number of hydrogen-bond donors (Lipinski definition) is 0. The summed E-state index contributed by atoms with van der Waals surface area (Å²) in [4.78, 5) is 38.3. The first-order valence-electron chi connectivity index (χ1n) is 32.6. The first kappa shape index (κ1) is 71.4. The first-order valence-corrected chi connectivity index (χ1v) is 32.6. The van der Waals surface area contributed by atoms with Crippen LogP contribution in [-0.2, 0) is 28.6 Å². The lowest BCUT2D eigenvalue weighted by Crippen LogP contribution is -2.30. The van der Waals surface area contributed by atoms with Gasteiger partial charge in [0.05, 0.1) is 0 Å². The van der Waals surface area contributed by atoms with Gasteiger partial charge in [-0.25, -0.2) is 0 Å². The summed E-state index contributed by atoms with van der Waals surface area (Å²) in [5, 5.41) is 0. The molecule has 6 nitrogen and oxygen atoms in total. The number of carbonyl (C=O) groups is 3. The number of esters is 3. The van der Waals surface area contributed by atoms with Crippen LogP contribution in [0.1, 0.15) is 348 Å². The number of rotatable bonds is 60. The largest absolute Gasteiger partial charge is 0.462 e. The van der Waals surface area contributed by atoms with Gasteiger partial charge in [0.25, 0.3) is 0 Å². The minimum atomic E-state index is -0.782. The van der Waals surface area contributed by atoms with E-state index in [0.717, 1.165) is 83.5 Å². The molecule has 0 saturated heterocycles. The summed E-state index contributed by atoms with van der Waals surface area (Å²) in [6.45, 7) is 6.65. The fraction of sp³-hybridized carbons (Fsp3) is 0.838. The molecule has 1 unspecified atom stereocenters. The SMILES string of the molecule is CCCCCC/C=C\CCCCCCCC(=O)OCC(COC(=O)CCCCCCCCCCCCCCCCCCCCCCCC)OC(=O)CCCCCCCC/C=C\C/C=C\C/C=C\CCCCCCC. The zero-order valence-electron chi connectivity index (χ0n) is 49.6. The average molecular weight is 1040 g/mol. The molecule has 432 valence electrons. The summed E-state index contributed by atoms with van der Waals surface area (Å²) in [6.07, 6.45) is 78.3. The van der Waals surface area contributed by atoms with Crippen molar-refractivity contribution < 1.29 is 28.6 Å². The van der Waals surface area contributed by atoms with E-state index in [1.807, 2.05) is 0 Å². The van der Waals surface area contributed by atoms with E-state index in [0.29, 0.717) is 19.3 Å². The lowest BCUT2D eigenvalue weighted by molar-refractivity contribution is -0.167. The van der Waals surface area contributed by atoms with Crippen molar-refractivity contribution in [2.75, 3.05) is 13.2 Å². The Balaban J connectivity index is 4.31. The molecule has 0 heterocycles. The molecule has 0 N–H and O–H groups in total. The Kier molecular flexibility index (Phi) is 60.7. The zero-order chi connectivity index (χ0) is 53.6. The summed E-state index contributed by atoms with van der Waals surface area (Å²) in [5.41, 5.74) is 0. The van der Waals surface area contributed by atoms with E-state index in [9.17, 15) is 14.4 Å². The van der Waals surface area contributed by atoms with Gasteiger partial charge in [0.2, 0.25) is 0 Å². The molecular formula is C68H124O6. The van der Waals surface area contributed by atoms with Crippen molar-refractivity contribution in [3.05, 3.63) is 48.6 Å². The van der Waals surface area contributed by atoms with Gasteiger partial charge in [0.15, 0.2) is 6.10 Å². The topological polar surface area (TPSA) is 78.9 Å². The van der Waals surface area contributed by atoms with Gasteiger partial charge in [-0.2, -0.15) is 0 Å². The third kappa shape index (κ3) is 60.2. The van der Waals surface area contributed by atoms with Crippen LogP contribution in [-0.4, -0.2) is 37.2 Å². The Labute approximate surface area is 460 Å². The van der Waals surface area contributed by atoms with Gasteiger partial charge in [-0.1, -0.05) is 294 Å². The Hall–Kier alpha value is -2.63. The molecular weight excluding hydrogens is 913 g/mol. The molecule has 0 saturated carbocycles. The van der Waals surface area contributed by atoms with Crippen LogP contribution in [0.5, 0.6) is 0 Å². The van der Waals surface area contributed by atoms with Gasteiger partial charge in [-0.05, 0) is 83.5 Å². The smallest absolute Gasteiger partial charge is 0.306 e. The molecule has 0 aromatic carbocycles. The highest BCUT2D eigenvalue weighted by Crippen LogP contribution is 2.17. The second-order valence-corrected chi connectivity index (χ2v) is 22.0. The van der Waals surface area contributed by atoms with Gasteiger partial charge in [-0.15, -0.1) is 0 Å². The maximum absolute atomic E-state index is 12.9. The molecule has 0 radical (unpaired) electrons.